The number of Topliss-reactive ketones (excluding diaryl/α,β-unsaturated/α-hetero) is 1. The summed E-state index contributed by atoms with van der Waals surface area (Å²) in [5.74, 6) is -3.97. The number of ether oxygens (including phenoxy) is 3. The normalized spacial score (nSPS) is 34.8. The highest BCUT2D eigenvalue weighted by molar-refractivity contribution is 5.95. The summed E-state index contributed by atoms with van der Waals surface area (Å²) in [6.45, 7) is 5.63. The van der Waals surface area contributed by atoms with Gasteiger partial charge in [-0.3, -0.25) is 19.2 Å². The summed E-state index contributed by atoms with van der Waals surface area (Å²) in [7, 11) is 0. The van der Waals surface area contributed by atoms with E-state index in [0.717, 1.165) is 5.56 Å². The Hall–Kier alpha value is -3.95. The molecule has 0 bridgehead atoms. The number of nitrogens with zero attached hydrogens (tertiary/aromatic N) is 1. The molecule has 44 heavy (non-hydrogen) atoms. The molecule has 1 aromatic carbocycles. The van der Waals surface area contributed by atoms with Crippen molar-refractivity contribution in [1.29, 1.82) is 0 Å². The van der Waals surface area contributed by atoms with Gasteiger partial charge in [0.05, 0.1) is 18.4 Å². The Morgan fingerprint density at radius 3 is 2.52 bits per heavy atom. The van der Waals surface area contributed by atoms with Gasteiger partial charge in [0.1, 0.15) is 18.8 Å². The lowest BCUT2D eigenvalue weighted by molar-refractivity contribution is -0.209. The fourth-order valence-electron chi connectivity index (χ4n) is 8.64. The maximum absolute atomic E-state index is 14.5. The zero-order valence-corrected chi connectivity index (χ0v) is 25.4. The van der Waals surface area contributed by atoms with E-state index in [9.17, 15) is 24.0 Å². The van der Waals surface area contributed by atoms with Gasteiger partial charge in [-0.25, -0.2) is 4.79 Å². The third kappa shape index (κ3) is 5.12. The van der Waals surface area contributed by atoms with Crippen molar-refractivity contribution in [2.75, 3.05) is 6.54 Å². The first-order valence-corrected chi connectivity index (χ1v) is 15.5. The molecule has 1 amide bonds. The number of hydrogen-bond acceptors (Lipinski definition) is 9. The average molecular weight is 606 g/mol. The van der Waals surface area contributed by atoms with Crippen LogP contribution in [0.1, 0.15) is 76.5 Å². The number of amides is 1. The van der Waals surface area contributed by atoms with E-state index in [0.29, 0.717) is 44.2 Å². The molecular formula is C34H39NO9. The van der Waals surface area contributed by atoms with Crippen molar-refractivity contribution < 1.29 is 42.6 Å². The van der Waals surface area contributed by atoms with Gasteiger partial charge in [0.25, 0.3) is 0 Å². The molecular weight excluding hydrogens is 566 g/mol. The Balaban J connectivity index is 1.31. The van der Waals surface area contributed by atoms with E-state index in [-0.39, 0.29) is 30.7 Å². The second kappa shape index (κ2) is 11.5. The Morgan fingerprint density at radius 1 is 1.05 bits per heavy atom. The van der Waals surface area contributed by atoms with Gasteiger partial charge in [-0.05, 0) is 54.6 Å². The third-order valence-electron chi connectivity index (χ3n) is 10.7. The Labute approximate surface area is 256 Å². The molecule has 2 aliphatic carbocycles. The number of cyclic esters (lactones) is 1. The fraction of sp³-hybridized carbons (Fsp3) is 0.559. The number of likely N-dealkylation sites (tertiary alicyclic amines) is 1. The quantitative estimate of drug-likeness (QED) is 0.344. The number of carbonyl (C=O) groups is 5. The van der Waals surface area contributed by atoms with Crippen molar-refractivity contribution in [3.05, 3.63) is 60.1 Å². The minimum absolute atomic E-state index is 0.0306. The molecule has 8 atom stereocenters. The second-order valence-corrected chi connectivity index (χ2v) is 13.3. The monoisotopic (exact) mass is 605 g/mol. The number of carbonyl (C=O) groups excluding carboxylic acids is 5. The third-order valence-corrected chi connectivity index (χ3v) is 10.7. The average Bonchev–Trinajstić information content (AvgIpc) is 3.70. The summed E-state index contributed by atoms with van der Waals surface area (Å²) in [6, 6.07) is 10.4. The molecule has 2 aliphatic heterocycles. The lowest BCUT2D eigenvalue weighted by Crippen LogP contribution is -2.66. The molecule has 4 fully saturated rings. The Morgan fingerprint density at radius 2 is 1.82 bits per heavy atom. The molecule has 4 aliphatic rings. The largest absolute Gasteiger partial charge is 0.472 e. The van der Waals surface area contributed by atoms with Gasteiger partial charge in [0, 0.05) is 37.3 Å². The minimum atomic E-state index is -1.13. The summed E-state index contributed by atoms with van der Waals surface area (Å²) in [4.78, 5) is 69.3. The van der Waals surface area contributed by atoms with Gasteiger partial charge in [-0.1, -0.05) is 44.2 Å². The minimum Gasteiger partial charge on any atom is -0.472 e. The summed E-state index contributed by atoms with van der Waals surface area (Å²) >= 11 is 0. The Kier molecular flexibility index (Phi) is 7.88. The molecule has 6 rings (SSSR count). The van der Waals surface area contributed by atoms with Crippen molar-refractivity contribution in [2.45, 2.75) is 84.2 Å². The molecule has 2 aromatic rings. The molecule has 2 saturated heterocycles. The van der Waals surface area contributed by atoms with Gasteiger partial charge >= 0.3 is 17.9 Å². The Bertz CT molecular complexity index is 1440. The first-order chi connectivity index (χ1) is 21.0. The predicted molar refractivity (Wildman–Crippen MR) is 154 cm³/mol. The number of ketones is 1. The fourth-order valence-corrected chi connectivity index (χ4v) is 8.64. The lowest BCUT2D eigenvalue weighted by atomic mass is 9.43. The molecule has 1 aromatic heterocycles. The van der Waals surface area contributed by atoms with Crippen LogP contribution < -0.4 is 0 Å². The smallest absolute Gasteiger partial charge is 0.329 e. The molecule has 0 radical (unpaired) electrons. The van der Waals surface area contributed by atoms with Gasteiger partial charge in [-0.2, -0.15) is 0 Å². The zero-order valence-electron chi connectivity index (χ0n) is 25.4. The van der Waals surface area contributed by atoms with E-state index in [1.165, 1.54) is 19.5 Å². The van der Waals surface area contributed by atoms with E-state index >= 15 is 0 Å². The first-order valence-electron chi connectivity index (χ1n) is 15.5. The van der Waals surface area contributed by atoms with Crippen molar-refractivity contribution in [1.82, 2.24) is 4.90 Å². The van der Waals surface area contributed by atoms with Crippen LogP contribution in [-0.2, 0) is 44.8 Å². The van der Waals surface area contributed by atoms with E-state index in [1.807, 2.05) is 44.2 Å². The molecule has 0 spiro atoms. The number of fused-ring (bicyclic) bond motifs is 3. The molecule has 10 nitrogen and oxygen atoms in total. The number of benzene rings is 1. The van der Waals surface area contributed by atoms with Crippen LogP contribution in [0.2, 0.25) is 0 Å². The van der Waals surface area contributed by atoms with Crippen LogP contribution in [0.5, 0.6) is 0 Å². The number of esters is 3. The highest BCUT2D eigenvalue weighted by atomic mass is 16.6. The SMILES string of the molecule is CC(=O)O[C@H]1C[C@@H](C(=O)N2CCCC2C(=O)OCc2ccccc2)[C@]2(C)CC[C@H]3C(=O)O[C@H](c4ccoc4)C[C@]3(C)[C@H]2C1=O. The predicted octanol–water partition coefficient (Wildman–Crippen LogP) is 4.56. The lowest BCUT2D eigenvalue weighted by Gasteiger charge is -2.61. The zero-order chi connectivity index (χ0) is 31.2. The molecule has 1 unspecified atom stereocenters. The van der Waals surface area contributed by atoms with Crippen LogP contribution in [-0.4, -0.2) is 53.2 Å². The van der Waals surface area contributed by atoms with Crippen LogP contribution in [0.4, 0.5) is 0 Å². The highest BCUT2D eigenvalue weighted by Gasteiger charge is 2.68. The van der Waals surface area contributed by atoms with Gasteiger partial charge in [-0.15, -0.1) is 0 Å². The summed E-state index contributed by atoms with van der Waals surface area (Å²) in [5.41, 5.74) is -0.147. The maximum Gasteiger partial charge on any atom is 0.329 e. The molecule has 10 heteroatoms. The van der Waals surface area contributed by atoms with Crippen LogP contribution >= 0.6 is 0 Å². The molecule has 234 valence electrons. The standard InChI is InChI=1S/C34H39NO9/c1-20(36)43-26-16-24(30(38)35-14-7-10-25(35)32(40)42-18-21-8-5-4-6-9-21)33(2)13-11-23-31(39)44-27(22-12-15-41-19-22)17-34(23,3)29(33)28(26)37/h4-6,8-9,12,15,19,23-27,29H,7,10-11,13-14,16-18H2,1-3H3/t23-,24-,25?,26-,27-,29-,33-,34-/m0/s1. The molecule has 2 saturated carbocycles. The number of hydrogen-bond donors (Lipinski definition) is 0. The van der Waals surface area contributed by atoms with E-state index < -0.39 is 58.8 Å². The highest BCUT2D eigenvalue weighted by Crippen LogP contribution is 2.65. The van der Waals surface area contributed by atoms with Crippen molar-refractivity contribution in [3.63, 3.8) is 0 Å². The molecule has 0 N–H and O–H groups in total. The summed E-state index contributed by atoms with van der Waals surface area (Å²) < 4.78 is 22.3. The van der Waals surface area contributed by atoms with Crippen LogP contribution in [0.3, 0.4) is 0 Å². The van der Waals surface area contributed by atoms with Crippen LogP contribution in [0.25, 0.3) is 0 Å². The summed E-state index contributed by atoms with van der Waals surface area (Å²) in [5, 5.41) is 0. The maximum atomic E-state index is 14.5. The van der Waals surface area contributed by atoms with Crippen LogP contribution in [0, 0.1) is 28.6 Å². The second-order valence-electron chi connectivity index (χ2n) is 13.3. The van der Waals surface area contributed by atoms with E-state index in [1.54, 1.807) is 11.0 Å². The first kappa shape index (κ1) is 30.1. The van der Waals surface area contributed by atoms with Crippen LogP contribution in [0.15, 0.2) is 53.3 Å². The van der Waals surface area contributed by atoms with E-state index in [2.05, 4.69) is 0 Å². The van der Waals surface area contributed by atoms with Gasteiger partial charge in [0.15, 0.2) is 11.9 Å². The summed E-state index contributed by atoms with van der Waals surface area (Å²) in [6.07, 6.45) is 3.72. The van der Waals surface area contributed by atoms with Gasteiger partial charge in [0.2, 0.25) is 5.91 Å². The van der Waals surface area contributed by atoms with Gasteiger partial charge < -0.3 is 23.5 Å². The van der Waals surface area contributed by atoms with E-state index in [4.69, 9.17) is 18.6 Å². The number of rotatable bonds is 6. The number of furan rings is 1. The van der Waals surface area contributed by atoms with Crippen molar-refractivity contribution in [2.24, 2.45) is 28.6 Å². The van der Waals surface area contributed by atoms with Crippen molar-refractivity contribution >= 4 is 29.6 Å². The molecule has 3 heterocycles. The topological polar surface area (TPSA) is 129 Å². The van der Waals surface area contributed by atoms with Crippen molar-refractivity contribution in [3.8, 4) is 0 Å².